The molecule has 0 aliphatic rings. The molecule has 0 bridgehead atoms. The lowest BCUT2D eigenvalue weighted by Crippen LogP contribution is -2.19. The maximum atomic E-state index is 11.0. The van der Waals surface area contributed by atoms with Crippen molar-refractivity contribution in [1.29, 1.82) is 0 Å². The van der Waals surface area contributed by atoms with E-state index in [0.717, 1.165) is 0 Å². The molecule has 0 spiro atoms. The molecule has 12 heavy (non-hydrogen) atoms. The van der Waals surface area contributed by atoms with E-state index in [2.05, 4.69) is 10.9 Å². The summed E-state index contributed by atoms with van der Waals surface area (Å²) in [6.45, 7) is 5.38. The molecule has 0 rings (SSSR count). The summed E-state index contributed by atoms with van der Waals surface area (Å²) in [5.74, 6) is -0.406. The Morgan fingerprint density at radius 3 is 2.92 bits per heavy atom. The zero-order valence-corrected chi connectivity index (χ0v) is 7.67. The average molecular weight is 192 g/mol. The van der Waals surface area contributed by atoms with Crippen LogP contribution in [0, 0.1) is 0 Å². The molecule has 0 aromatic carbocycles. The summed E-state index contributed by atoms with van der Waals surface area (Å²) in [6.07, 6.45) is 2.02. The van der Waals surface area contributed by atoms with Gasteiger partial charge in [-0.2, -0.15) is 4.33 Å². The van der Waals surface area contributed by atoms with E-state index in [9.17, 15) is 4.79 Å². The molecule has 0 radical (unpaired) electrons. The van der Waals surface area contributed by atoms with Gasteiger partial charge in [0, 0.05) is 12.0 Å². The highest BCUT2D eigenvalue weighted by Gasteiger charge is 2.19. The maximum absolute atomic E-state index is 11.0. The molecule has 0 aliphatic heterocycles. The summed E-state index contributed by atoms with van der Waals surface area (Å²) in [5, 5.41) is 7.60. The Bertz CT molecular complexity index is 148. The van der Waals surface area contributed by atoms with Crippen molar-refractivity contribution in [2.75, 3.05) is 6.61 Å². The van der Waals surface area contributed by atoms with E-state index in [1.807, 2.05) is 0 Å². The first-order valence-corrected chi connectivity index (χ1v) is 4.31. The molecule has 0 heterocycles. The minimum atomic E-state index is -0.477. The van der Waals surface area contributed by atoms with E-state index in [1.165, 1.54) is 6.08 Å². The van der Waals surface area contributed by atoms with E-state index in [4.69, 9.17) is 9.99 Å². The quantitative estimate of drug-likeness (QED) is 0.228. The van der Waals surface area contributed by atoms with Crippen molar-refractivity contribution in [2.24, 2.45) is 0 Å². The Kier molecular flexibility index (Phi) is 6.84. The first-order valence-electron chi connectivity index (χ1n) is 3.50. The van der Waals surface area contributed by atoms with Gasteiger partial charge in [-0.15, -0.1) is 0 Å². The number of ether oxygens (including phenoxy) is 1. The van der Waals surface area contributed by atoms with Gasteiger partial charge in [-0.25, -0.2) is 5.26 Å². The van der Waals surface area contributed by atoms with Gasteiger partial charge < -0.3 is 4.74 Å². The zero-order chi connectivity index (χ0) is 9.40. The summed E-state index contributed by atoms with van der Waals surface area (Å²) in [5.41, 5.74) is 0. The molecule has 1 unspecified atom stereocenters. The Labute approximate surface area is 75.7 Å². The molecule has 1 N–H and O–H groups in total. The maximum Gasteiger partial charge on any atom is 0.321 e. The Morgan fingerprint density at radius 1 is 1.83 bits per heavy atom. The van der Waals surface area contributed by atoms with Gasteiger partial charge in [-0.05, 0) is 6.42 Å². The number of hydrogen-bond donors (Lipinski definition) is 1. The molecule has 0 aromatic rings. The van der Waals surface area contributed by atoms with Crippen LogP contribution in [0.15, 0.2) is 12.7 Å². The minimum Gasteiger partial charge on any atom is -0.461 e. The highest BCUT2D eigenvalue weighted by molar-refractivity contribution is 7.95. The van der Waals surface area contributed by atoms with Gasteiger partial charge in [0.15, 0.2) is 0 Å². The number of esters is 1. The Balaban J connectivity index is 3.76. The summed E-state index contributed by atoms with van der Waals surface area (Å²) in [7, 11) is 0. The molecular formula is C7H12O4S. The predicted octanol–water partition coefficient (Wildman–Crippen LogP) is 1.63. The number of carbonyl (C=O) groups is 1. The van der Waals surface area contributed by atoms with Crippen LogP contribution < -0.4 is 0 Å². The normalized spacial score (nSPS) is 12.2. The van der Waals surface area contributed by atoms with Gasteiger partial charge in [-0.1, -0.05) is 19.6 Å². The molecular weight excluding hydrogens is 180 g/mol. The van der Waals surface area contributed by atoms with E-state index >= 15 is 0 Å². The van der Waals surface area contributed by atoms with Crippen molar-refractivity contribution in [3.05, 3.63) is 12.7 Å². The highest BCUT2D eigenvalue weighted by atomic mass is 32.2. The van der Waals surface area contributed by atoms with Crippen LogP contribution >= 0.6 is 12.0 Å². The first-order chi connectivity index (χ1) is 5.76. The average Bonchev–Trinajstić information content (AvgIpc) is 2.10. The molecule has 0 fully saturated rings. The second kappa shape index (κ2) is 7.15. The van der Waals surface area contributed by atoms with Crippen molar-refractivity contribution in [1.82, 2.24) is 0 Å². The number of carbonyl (C=O) groups excluding carboxylic acids is 1. The number of rotatable bonds is 6. The van der Waals surface area contributed by atoms with Crippen LogP contribution in [0.5, 0.6) is 0 Å². The highest BCUT2D eigenvalue weighted by Crippen LogP contribution is 2.15. The van der Waals surface area contributed by atoms with Gasteiger partial charge in [0.2, 0.25) is 0 Å². The molecule has 5 heteroatoms. The lowest BCUT2D eigenvalue weighted by Gasteiger charge is -2.09. The largest absolute Gasteiger partial charge is 0.461 e. The number of hydrogen-bond acceptors (Lipinski definition) is 5. The van der Waals surface area contributed by atoms with Crippen LogP contribution in [0.1, 0.15) is 13.3 Å². The van der Waals surface area contributed by atoms with Crippen LogP contribution in [0.3, 0.4) is 0 Å². The van der Waals surface area contributed by atoms with Gasteiger partial charge in [0.05, 0.1) is 0 Å². The molecule has 0 amide bonds. The van der Waals surface area contributed by atoms with Crippen molar-refractivity contribution in [3.63, 3.8) is 0 Å². The SMILES string of the molecule is C=CCOC(=O)C(CC)SOO. The van der Waals surface area contributed by atoms with E-state index in [1.54, 1.807) is 6.92 Å². The van der Waals surface area contributed by atoms with Crippen LogP contribution in [-0.4, -0.2) is 23.1 Å². The minimum absolute atomic E-state index is 0.182. The molecule has 0 saturated heterocycles. The first kappa shape index (κ1) is 11.5. The van der Waals surface area contributed by atoms with E-state index in [-0.39, 0.29) is 6.61 Å². The van der Waals surface area contributed by atoms with E-state index < -0.39 is 11.2 Å². The topological polar surface area (TPSA) is 55.8 Å². The van der Waals surface area contributed by atoms with Crippen molar-refractivity contribution < 1.29 is 19.1 Å². The van der Waals surface area contributed by atoms with Crippen molar-refractivity contribution in [2.45, 2.75) is 18.6 Å². The molecule has 4 nitrogen and oxygen atoms in total. The fourth-order valence-corrected chi connectivity index (χ4v) is 0.947. The molecule has 70 valence electrons. The van der Waals surface area contributed by atoms with Crippen LogP contribution in [0.25, 0.3) is 0 Å². The van der Waals surface area contributed by atoms with Crippen molar-refractivity contribution in [3.8, 4) is 0 Å². The fourth-order valence-electron chi connectivity index (χ4n) is 0.560. The van der Waals surface area contributed by atoms with Crippen LogP contribution in [0.4, 0.5) is 0 Å². The molecule has 0 aliphatic carbocycles. The van der Waals surface area contributed by atoms with Crippen LogP contribution in [0.2, 0.25) is 0 Å². The molecule has 0 aromatic heterocycles. The summed E-state index contributed by atoms with van der Waals surface area (Å²) in [4.78, 5) is 11.0. The molecule has 1 atom stereocenters. The lowest BCUT2D eigenvalue weighted by molar-refractivity contribution is -0.143. The second-order valence-corrected chi connectivity index (χ2v) is 2.90. The smallest absolute Gasteiger partial charge is 0.321 e. The van der Waals surface area contributed by atoms with Gasteiger partial charge in [0.25, 0.3) is 0 Å². The van der Waals surface area contributed by atoms with E-state index in [0.29, 0.717) is 18.5 Å². The third kappa shape index (κ3) is 4.38. The summed E-state index contributed by atoms with van der Waals surface area (Å²) in [6, 6.07) is 0. The van der Waals surface area contributed by atoms with Crippen molar-refractivity contribution >= 4 is 18.0 Å². The summed E-state index contributed by atoms with van der Waals surface area (Å²) >= 11 is 0.682. The predicted molar refractivity (Wildman–Crippen MR) is 46.5 cm³/mol. The summed E-state index contributed by atoms with van der Waals surface area (Å²) < 4.78 is 8.51. The standard InChI is InChI=1S/C7H12O4S/c1-3-5-10-7(8)6(4-2)12-11-9/h3,6,9H,1,4-5H2,2H3. The lowest BCUT2D eigenvalue weighted by atomic mass is 10.3. The Morgan fingerprint density at radius 2 is 2.50 bits per heavy atom. The Hall–Kier alpha value is -0.520. The third-order valence-electron chi connectivity index (χ3n) is 1.14. The van der Waals surface area contributed by atoms with Crippen LogP contribution in [-0.2, 0) is 13.9 Å². The zero-order valence-electron chi connectivity index (χ0n) is 6.86. The fraction of sp³-hybridized carbons (Fsp3) is 0.571. The van der Waals surface area contributed by atoms with Gasteiger partial charge in [0.1, 0.15) is 11.9 Å². The molecule has 0 saturated carbocycles. The monoisotopic (exact) mass is 192 g/mol. The van der Waals surface area contributed by atoms with Gasteiger partial charge in [-0.3, -0.25) is 4.79 Å². The second-order valence-electron chi connectivity index (χ2n) is 1.99. The van der Waals surface area contributed by atoms with Gasteiger partial charge >= 0.3 is 5.97 Å². The third-order valence-corrected chi connectivity index (χ3v) is 1.98.